The zero-order valence-corrected chi connectivity index (χ0v) is 18.2. The Labute approximate surface area is 182 Å². The highest BCUT2D eigenvalue weighted by Crippen LogP contribution is 2.22. The summed E-state index contributed by atoms with van der Waals surface area (Å²) in [5.41, 5.74) is 2.70. The number of nitrogens with zero attached hydrogens (tertiary/aromatic N) is 2. The maximum atomic E-state index is 12.7. The third kappa shape index (κ3) is 4.95. The van der Waals surface area contributed by atoms with Gasteiger partial charge >= 0.3 is 0 Å². The summed E-state index contributed by atoms with van der Waals surface area (Å²) in [5, 5.41) is 2.93. The lowest BCUT2D eigenvalue weighted by molar-refractivity contribution is -0.122. The van der Waals surface area contributed by atoms with Gasteiger partial charge in [-0.1, -0.05) is 36.4 Å². The molecule has 2 heterocycles. The first-order valence-electron chi connectivity index (χ1n) is 10.3. The first-order chi connectivity index (χ1) is 14.9. The molecule has 0 spiro atoms. The number of hydrogen-bond donors (Lipinski definition) is 2. The van der Waals surface area contributed by atoms with Crippen molar-refractivity contribution in [1.82, 2.24) is 14.9 Å². The third-order valence-corrected chi connectivity index (χ3v) is 6.83. The lowest BCUT2D eigenvalue weighted by Gasteiger charge is -2.27. The van der Waals surface area contributed by atoms with E-state index >= 15 is 0 Å². The number of ether oxygens (including phenoxy) is 1. The molecule has 2 aromatic rings. The van der Waals surface area contributed by atoms with E-state index < -0.39 is 16.1 Å². The lowest BCUT2D eigenvalue weighted by atomic mass is 10.1. The number of benzene rings is 2. The Kier molecular flexibility index (Phi) is 6.35. The number of carbonyl (C=O) groups excluding carboxylic acids is 1. The molecule has 9 heteroatoms. The molecule has 8 nitrogen and oxygen atoms in total. The van der Waals surface area contributed by atoms with Crippen molar-refractivity contribution in [2.75, 3.05) is 26.3 Å². The molecular formula is C22H26N4O4S. The molecule has 1 fully saturated rings. The van der Waals surface area contributed by atoms with Crippen LogP contribution in [0, 0.1) is 0 Å². The molecule has 2 N–H and O–H groups in total. The van der Waals surface area contributed by atoms with Crippen LogP contribution in [0.2, 0.25) is 0 Å². The van der Waals surface area contributed by atoms with E-state index in [-0.39, 0.29) is 16.6 Å². The summed E-state index contributed by atoms with van der Waals surface area (Å²) < 4.78 is 32.3. The summed E-state index contributed by atoms with van der Waals surface area (Å²) in [7, 11) is -3.63. The van der Waals surface area contributed by atoms with Crippen molar-refractivity contribution < 1.29 is 17.9 Å². The van der Waals surface area contributed by atoms with Crippen LogP contribution in [-0.4, -0.2) is 57.4 Å². The van der Waals surface area contributed by atoms with Crippen molar-refractivity contribution in [3.8, 4) is 0 Å². The van der Waals surface area contributed by atoms with Gasteiger partial charge in [-0.3, -0.25) is 19.4 Å². The van der Waals surface area contributed by atoms with Crippen LogP contribution in [0.15, 0.2) is 58.4 Å². The van der Waals surface area contributed by atoms with Crippen molar-refractivity contribution in [1.29, 1.82) is 0 Å². The number of morpholine rings is 1. The van der Waals surface area contributed by atoms with Gasteiger partial charge in [-0.25, -0.2) is 8.42 Å². The number of nitrogens with one attached hydrogen (secondary N) is 2. The van der Waals surface area contributed by atoms with Gasteiger partial charge in [-0.2, -0.15) is 0 Å². The van der Waals surface area contributed by atoms with E-state index in [1.807, 2.05) is 18.2 Å². The summed E-state index contributed by atoms with van der Waals surface area (Å²) in [4.78, 5) is 19.5. The zero-order valence-electron chi connectivity index (χ0n) is 17.4. The van der Waals surface area contributed by atoms with Gasteiger partial charge in [0.15, 0.2) is 0 Å². The number of hydrogen-bond acceptors (Lipinski definition) is 6. The first-order valence-corrected chi connectivity index (χ1v) is 11.8. The van der Waals surface area contributed by atoms with Crippen LogP contribution in [0.3, 0.4) is 0 Å². The Hall–Kier alpha value is -2.75. The molecule has 2 aliphatic rings. The molecule has 0 unspecified atom stereocenters. The van der Waals surface area contributed by atoms with Gasteiger partial charge in [-0.15, -0.1) is 0 Å². The van der Waals surface area contributed by atoms with E-state index in [9.17, 15) is 13.2 Å². The molecule has 4 rings (SSSR count). The molecule has 0 bridgehead atoms. The summed E-state index contributed by atoms with van der Waals surface area (Å²) in [6, 6.07) is 13.9. The highest BCUT2D eigenvalue weighted by atomic mass is 32.2. The Bertz CT molecular complexity index is 1090. The van der Waals surface area contributed by atoms with Gasteiger partial charge in [0.25, 0.3) is 10.0 Å². The second-order valence-electron chi connectivity index (χ2n) is 7.63. The third-order valence-electron chi connectivity index (χ3n) is 5.43. The van der Waals surface area contributed by atoms with Crippen molar-refractivity contribution in [3.63, 3.8) is 0 Å². The minimum absolute atomic E-state index is 0.179. The number of carbonyl (C=O) groups is 1. The van der Waals surface area contributed by atoms with Crippen molar-refractivity contribution in [2.45, 2.75) is 31.0 Å². The highest BCUT2D eigenvalue weighted by molar-refractivity contribution is 7.90. The molecule has 0 saturated carbocycles. The quantitative estimate of drug-likeness (QED) is 0.702. The number of sulfonamides is 1. The fourth-order valence-electron chi connectivity index (χ4n) is 3.70. The van der Waals surface area contributed by atoms with Crippen LogP contribution in [0.25, 0.3) is 0 Å². The topological polar surface area (TPSA) is 100 Å². The fourth-order valence-corrected chi connectivity index (χ4v) is 4.94. The molecule has 31 heavy (non-hydrogen) atoms. The summed E-state index contributed by atoms with van der Waals surface area (Å²) in [6.07, 6.45) is 0. The van der Waals surface area contributed by atoms with Gasteiger partial charge in [0.05, 0.1) is 18.1 Å². The fraction of sp³-hybridized carbons (Fsp3) is 0.364. The monoisotopic (exact) mass is 442 g/mol. The second-order valence-corrected chi connectivity index (χ2v) is 9.28. The van der Waals surface area contributed by atoms with Crippen LogP contribution in [-0.2, 0) is 32.6 Å². The summed E-state index contributed by atoms with van der Waals surface area (Å²) >= 11 is 0. The molecule has 1 saturated heterocycles. The number of rotatable bonds is 6. The molecule has 1 amide bonds. The molecule has 0 aliphatic carbocycles. The minimum atomic E-state index is -3.63. The summed E-state index contributed by atoms with van der Waals surface area (Å²) in [6.45, 7) is 6.12. The maximum Gasteiger partial charge on any atom is 0.263 e. The molecule has 1 atom stereocenters. The smallest absolute Gasteiger partial charge is 0.263 e. The maximum absolute atomic E-state index is 12.7. The molecule has 0 aromatic heterocycles. The molecular weight excluding hydrogens is 416 g/mol. The van der Waals surface area contributed by atoms with Gasteiger partial charge in [0.2, 0.25) is 5.91 Å². The molecule has 0 radical (unpaired) electrons. The van der Waals surface area contributed by atoms with Gasteiger partial charge in [0, 0.05) is 31.7 Å². The van der Waals surface area contributed by atoms with E-state index in [2.05, 4.69) is 26.0 Å². The van der Waals surface area contributed by atoms with E-state index in [1.165, 1.54) is 11.6 Å². The number of amides is 1. The average Bonchev–Trinajstić information content (AvgIpc) is 3.03. The second kappa shape index (κ2) is 9.17. The van der Waals surface area contributed by atoms with E-state index in [1.54, 1.807) is 25.1 Å². The van der Waals surface area contributed by atoms with Crippen molar-refractivity contribution in [3.05, 3.63) is 65.2 Å². The van der Waals surface area contributed by atoms with E-state index in [4.69, 9.17) is 4.74 Å². The first kappa shape index (κ1) is 21.5. The molecule has 2 aromatic carbocycles. The Balaban J connectivity index is 1.41. The van der Waals surface area contributed by atoms with Crippen LogP contribution in [0.1, 0.15) is 23.6 Å². The average molecular weight is 443 g/mol. The van der Waals surface area contributed by atoms with Crippen LogP contribution in [0.5, 0.6) is 0 Å². The van der Waals surface area contributed by atoms with Crippen LogP contribution < -0.4 is 10.0 Å². The van der Waals surface area contributed by atoms with Gasteiger partial charge < -0.3 is 10.1 Å². The zero-order chi connectivity index (χ0) is 21.8. The van der Waals surface area contributed by atoms with Crippen LogP contribution in [0.4, 0.5) is 0 Å². The minimum Gasteiger partial charge on any atom is -0.379 e. The number of aliphatic imine (C=N–C) groups is 1. The molecule has 2 aliphatic heterocycles. The number of amidine groups is 1. The predicted octanol–water partition coefficient (Wildman–Crippen LogP) is 1.26. The Morgan fingerprint density at radius 1 is 1.13 bits per heavy atom. The van der Waals surface area contributed by atoms with Crippen molar-refractivity contribution >= 4 is 21.8 Å². The Morgan fingerprint density at radius 2 is 1.81 bits per heavy atom. The van der Waals surface area contributed by atoms with Gasteiger partial charge in [0.1, 0.15) is 11.9 Å². The normalized spacial score (nSPS) is 20.1. The predicted molar refractivity (Wildman–Crippen MR) is 117 cm³/mol. The van der Waals surface area contributed by atoms with E-state index in [0.717, 1.165) is 38.4 Å². The van der Waals surface area contributed by atoms with E-state index in [0.29, 0.717) is 12.1 Å². The highest BCUT2D eigenvalue weighted by Gasteiger charge is 2.31. The number of fused-ring (bicyclic) bond motifs is 1. The largest absolute Gasteiger partial charge is 0.379 e. The summed E-state index contributed by atoms with van der Waals surface area (Å²) in [5.74, 6) is -0.0665. The van der Waals surface area contributed by atoms with Crippen LogP contribution >= 0.6 is 0 Å². The standard InChI is InChI=1S/C22H26N4O4S/c1-16(24-21-19-8-4-5-9-20(19)31(28,29)25-21)22(27)23-14-17-6-2-3-7-18(17)15-26-10-12-30-13-11-26/h2-9,16H,10-15H2,1H3,(H,23,27)(H,24,25)/t16-/m0/s1. The lowest BCUT2D eigenvalue weighted by Crippen LogP contribution is -2.36. The SMILES string of the molecule is C[C@H](N=C1NS(=O)(=O)c2ccccc21)C(=O)NCc1ccccc1CN1CCOCC1. The Morgan fingerprint density at radius 3 is 2.58 bits per heavy atom. The van der Waals surface area contributed by atoms with Crippen molar-refractivity contribution in [2.24, 2.45) is 4.99 Å². The van der Waals surface area contributed by atoms with Gasteiger partial charge in [-0.05, 0) is 30.2 Å². The molecule has 164 valence electrons.